The van der Waals surface area contributed by atoms with Crippen molar-refractivity contribution in [3.8, 4) is 0 Å². The van der Waals surface area contributed by atoms with Gasteiger partial charge in [-0.2, -0.15) is 0 Å². The lowest BCUT2D eigenvalue weighted by Gasteiger charge is -1.93. The third-order valence-electron chi connectivity index (χ3n) is 1.89. The molecule has 3 aromatic heterocycles. The molecule has 0 aliphatic heterocycles. The molecule has 62 valence electrons. The molecule has 0 aliphatic carbocycles. The van der Waals surface area contributed by atoms with Crippen LogP contribution in [-0.2, 0) is 0 Å². The topological polar surface area (TPSA) is 38.7 Å². The van der Waals surface area contributed by atoms with Crippen molar-refractivity contribution < 1.29 is 0 Å². The number of hydrogen-bond acceptors (Lipinski definition) is 4. The molecule has 0 unspecified atom stereocenters. The van der Waals surface area contributed by atoms with E-state index in [-0.39, 0.29) is 0 Å². The molecule has 0 fully saturated rings. The minimum Gasteiger partial charge on any atom is -0.237 e. The van der Waals surface area contributed by atoms with Gasteiger partial charge in [-0.05, 0) is 18.2 Å². The smallest absolute Gasteiger partial charge is 0.172 e. The molecule has 0 aromatic carbocycles. The van der Waals surface area contributed by atoms with Crippen LogP contribution in [0.5, 0.6) is 0 Å². The van der Waals surface area contributed by atoms with Crippen LogP contribution < -0.4 is 0 Å². The molecule has 4 heteroatoms. The van der Waals surface area contributed by atoms with Crippen molar-refractivity contribution in [2.75, 3.05) is 0 Å². The Hall–Kier alpha value is -1.55. The summed E-state index contributed by atoms with van der Waals surface area (Å²) in [4.78, 5) is 12.6. The minimum atomic E-state index is 0.765. The Morgan fingerprint density at radius 3 is 3.15 bits per heavy atom. The Morgan fingerprint density at radius 2 is 2.15 bits per heavy atom. The van der Waals surface area contributed by atoms with Crippen molar-refractivity contribution in [1.82, 2.24) is 15.0 Å². The fourth-order valence-electron chi connectivity index (χ4n) is 1.29. The predicted molar refractivity (Wildman–Crippen MR) is 52.7 cm³/mol. The summed E-state index contributed by atoms with van der Waals surface area (Å²) in [6, 6.07) is 5.99. The van der Waals surface area contributed by atoms with Crippen molar-refractivity contribution in [2.45, 2.75) is 0 Å². The van der Waals surface area contributed by atoms with Crippen molar-refractivity contribution >= 4 is 32.7 Å². The normalized spacial score (nSPS) is 11.1. The lowest BCUT2D eigenvalue weighted by molar-refractivity contribution is 1.29. The molecule has 0 bridgehead atoms. The molecule has 0 saturated heterocycles. The van der Waals surface area contributed by atoms with Gasteiger partial charge in [0, 0.05) is 11.6 Å². The standard InChI is InChI=1S/C9H5N3S/c1-2-6-4-7-9(11-5-13-7)12-8(6)10-3-1/h1-5H. The number of rotatable bonds is 0. The van der Waals surface area contributed by atoms with Crippen LogP contribution in [0.25, 0.3) is 21.4 Å². The Bertz CT molecular complexity index is 523. The highest BCUT2D eigenvalue weighted by molar-refractivity contribution is 7.16. The summed E-state index contributed by atoms with van der Waals surface area (Å²) in [7, 11) is 0. The highest BCUT2D eigenvalue weighted by atomic mass is 32.1. The van der Waals surface area contributed by atoms with Gasteiger partial charge in [0.25, 0.3) is 0 Å². The van der Waals surface area contributed by atoms with E-state index < -0.39 is 0 Å². The fraction of sp³-hybridized carbons (Fsp3) is 0. The Morgan fingerprint density at radius 1 is 1.15 bits per heavy atom. The van der Waals surface area contributed by atoms with E-state index >= 15 is 0 Å². The molecule has 3 aromatic rings. The second-order valence-electron chi connectivity index (χ2n) is 2.71. The average molecular weight is 187 g/mol. The van der Waals surface area contributed by atoms with E-state index in [0.717, 1.165) is 21.4 Å². The van der Waals surface area contributed by atoms with Crippen LogP contribution in [0.3, 0.4) is 0 Å². The summed E-state index contributed by atoms with van der Waals surface area (Å²) in [5.74, 6) is 0. The predicted octanol–water partition coefficient (Wildman–Crippen LogP) is 2.24. The van der Waals surface area contributed by atoms with Crippen LogP contribution in [0.4, 0.5) is 0 Å². The van der Waals surface area contributed by atoms with Crippen molar-refractivity contribution in [1.29, 1.82) is 0 Å². The molecule has 0 atom stereocenters. The number of thiazole rings is 1. The highest BCUT2D eigenvalue weighted by Crippen LogP contribution is 2.19. The number of aromatic nitrogens is 3. The third-order valence-corrected chi connectivity index (χ3v) is 2.66. The first kappa shape index (κ1) is 6.91. The SMILES string of the molecule is c1cnc2nc3ncsc3cc2c1. The lowest BCUT2D eigenvalue weighted by atomic mass is 10.3. The second-order valence-corrected chi connectivity index (χ2v) is 3.60. The monoisotopic (exact) mass is 187 g/mol. The van der Waals surface area contributed by atoms with Crippen LogP contribution in [0.2, 0.25) is 0 Å². The molecule has 3 rings (SSSR count). The van der Waals surface area contributed by atoms with E-state index in [0.29, 0.717) is 0 Å². The molecule has 0 aliphatic rings. The molecular formula is C9H5N3S. The summed E-state index contributed by atoms with van der Waals surface area (Å²) in [6.45, 7) is 0. The van der Waals surface area contributed by atoms with Gasteiger partial charge in [0.1, 0.15) is 0 Å². The molecule has 0 amide bonds. The highest BCUT2D eigenvalue weighted by Gasteiger charge is 2.00. The summed E-state index contributed by atoms with van der Waals surface area (Å²) >= 11 is 1.60. The first-order chi connectivity index (χ1) is 6.43. The fourth-order valence-corrected chi connectivity index (χ4v) is 1.95. The first-order valence-corrected chi connectivity index (χ1v) is 4.76. The zero-order valence-electron chi connectivity index (χ0n) is 6.64. The number of hydrogen-bond donors (Lipinski definition) is 0. The Kier molecular flexibility index (Phi) is 1.31. The van der Waals surface area contributed by atoms with E-state index in [1.807, 2.05) is 12.1 Å². The molecule has 3 nitrogen and oxygen atoms in total. The molecule has 0 radical (unpaired) electrons. The van der Waals surface area contributed by atoms with Gasteiger partial charge in [-0.15, -0.1) is 11.3 Å². The van der Waals surface area contributed by atoms with Crippen molar-refractivity contribution in [2.24, 2.45) is 0 Å². The van der Waals surface area contributed by atoms with Gasteiger partial charge in [0.2, 0.25) is 0 Å². The third kappa shape index (κ3) is 0.990. The van der Waals surface area contributed by atoms with Crippen LogP contribution >= 0.6 is 11.3 Å². The summed E-state index contributed by atoms with van der Waals surface area (Å²) in [5, 5.41) is 1.07. The maximum atomic E-state index is 4.33. The Labute approximate surface area is 78.1 Å². The van der Waals surface area contributed by atoms with Gasteiger partial charge in [-0.3, -0.25) is 0 Å². The number of pyridine rings is 2. The van der Waals surface area contributed by atoms with E-state index in [4.69, 9.17) is 0 Å². The first-order valence-electron chi connectivity index (χ1n) is 3.88. The molecule has 0 spiro atoms. The van der Waals surface area contributed by atoms with Gasteiger partial charge in [0.05, 0.1) is 10.2 Å². The molecule has 0 saturated carbocycles. The molecule has 3 heterocycles. The quantitative estimate of drug-likeness (QED) is 0.541. The van der Waals surface area contributed by atoms with Gasteiger partial charge >= 0.3 is 0 Å². The molecule has 0 N–H and O–H groups in total. The van der Waals surface area contributed by atoms with Gasteiger partial charge < -0.3 is 0 Å². The largest absolute Gasteiger partial charge is 0.237 e. The maximum Gasteiger partial charge on any atom is 0.172 e. The van der Waals surface area contributed by atoms with E-state index in [2.05, 4.69) is 21.0 Å². The molecular weight excluding hydrogens is 182 g/mol. The van der Waals surface area contributed by atoms with Crippen LogP contribution in [0.15, 0.2) is 29.9 Å². The maximum absolute atomic E-state index is 4.33. The zero-order chi connectivity index (χ0) is 8.67. The second kappa shape index (κ2) is 2.47. The van der Waals surface area contributed by atoms with E-state index in [1.165, 1.54) is 0 Å². The van der Waals surface area contributed by atoms with Crippen LogP contribution in [0.1, 0.15) is 0 Å². The zero-order valence-corrected chi connectivity index (χ0v) is 7.45. The van der Waals surface area contributed by atoms with Gasteiger partial charge in [-0.1, -0.05) is 0 Å². The van der Waals surface area contributed by atoms with Gasteiger partial charge in [0.15, 0.2) is 11.3 Å². The van der Waals surface area contributed by atoms with Crippen molar-refractivity contribution in [3.63, 3.8) is 0 Å². The van der Waals surface area contributed by atoms with E-state index in [9.17, 15) is 0 Å². The van der Waals surface area contributed by atoms with E-state index in [1.54, 1.807) is 23.0 Å². The van der Waals surface area contributed by atoms with Crippen molar-refractivity contribution in [3.05, 3.63) is 29.9 Å². The minimum absolute atomic E-state index is 0.765. The van der Waals surface area contributed by atoms with Gasteiger partial charge in [-0.25, -0.2) is 15.0 Å². The summed E-state index contributed by atoms with van der Waals surface area (Å²) < 4.78 is 1.11. The summed E-state index contributed by atoms with van der Waals surface area (Å²) in [5.41, 5.74) is 3.36. The van der Waals surface area contributed by atoms with Crippen LogP contribution in [0, 0.1) is 0 Å². The number of nitrogens with zero attached hydrogens (tertiary/aromatic N) is 3. The van der Waals surface area contributed by atoms with Crippen LogP contribution in [-0.4, -0.2) is 15.0 Å². The number of fused-ring (bicyclic) bond motifs is 2. The average Bonchev–Trinajstić information content (AvgIpc) is 2.61. The summed E-state index contributed by atoms with van der Waals surface area (Å²) in [6.07, 6.45) is 1.74. The lowest BCUT2D eigenvalue weighted by Crippen LogP contribution is -1.82. The Balaban J connectivity index is 2.57. The molecule has 13 heavy (non-hydrogen) atoms.